The van der Waals surface area contributed by atoms with E-state index < -0.39 is 0 Å². The molecule has 1 aromatic carbocycles. The molecule has 0 spiro atoms. The third-order valence-corrected chi connectivity index (χ3v) is 3.86. The number of halogens is 1. The molecule has 1 unspecified atom stereocenters. The number of hydrogen-bond acceptors (Lipinski definition) is 2. The van der Waals surface area contributed by atoms with Crippen LogP contribution in [0, 0.1) is 5.92 Å². The van der Waals surface area contributed by atoms with Gasteiger partial charge in [0.2, 0.25) is 0 Å². The van der Waals surface area contributed by atoms with E-state index in [9.17, 15) is 0 Å². The highest BCUT2D eigenvalue weighted by molar-refractivity contribution is 14.0. The van der Waals surface area contributed by atoms with Crippen LogP contribution in [0.4, 0.5) is 0 Å². The molecule has 2 rings (SSSR count). The number of benzene rings is 1. The lowest BCUT2D eigenvalue weighted by Crippen LogP contribution is -2.46. The average Bonchev–Trinajstić information content (AvgIpc) is 2.52. The Morgan fingerprint density at radius 3 is 2.68 bits per heavy atom. The minimum Gasteiger partial charge on any atom is -0.497 e. The summed E-state index contributed by atoms with van der Waals surface area (Å²) in [4.78, 5) is 7.18. The number of rotatable bonds is 4. The van der Waals surface area contributed by atoms with Crippen LogP contribution in [0.1, 0.15) is 32.3 Å². The number of piperidine rings is 1. The fourth-order valence-electron chi connectivity index (χ4n) is 2.70. The number of aliphatic imine (C=N–C) groups is 1. The molecule has 124 valence electrons. The zero-order valence-electron chi connectivity index (χ0n) is 13.8. The predicted molar refractivity (Wildman–Crippen MR) is 103 cm³/mol. The van der Waals surface area contributed by atoms with E-state index in [0.29, 0.717) is 6.54 Å². The molecule has 0 bridgehead atoms. The molecule has 1 aliphatic rings. The molecule has 0 saturated carbocycles. The van der Waals surface area contributed by atoms with Crippen molar-refractivity contribution in [1.82, 2.24) is 10.2 Å². The number of guanidine groups is 1. The van der Waals surface area contributed by atoms with Crippen molar-refractivity contribution in [3.8, 4) is 5.75 Å². The lowest BCUT2D eigenvalue weighted by Gasteiger charge is -2.33. The molecule has 0 radical (unpaired) electrons. The fraction of sp³-hybridized carbons (Fsp3) is 0.588. The van der Waals surface area contributed by atoms with Gasteiger partial charge in [-0.15, -0.1) is 24.0 Å². The molecule has 1 saturated heterocycles. The van der Waals surface area contributed by atoms with Crippen LogP contribution in [-0.2, 0) is 6.54 Å². The van der Waals surface area contributed by atoms with Gasteiger partial charge >= 0.3 is 0 Å². The fourth-order valence-corrected chi connectivity index (χ4v) is 2.70. The van der Waals surface area contributed by atoms with Crippen LogP contribution in [0.2, 0.25) is 0 Å². The minimum absolute atomic E-state index is 0. The van der Waals surface area contributed by atoms with E-state index in [1.54, 1.807) is 7.11 Å². The van der Waals surface area contributed by atoms with Gasteiger partial charge in [0.05, 0.1) is 13.7 Å². The van der Waals surface area contributed by atoms with Crippen molar-refractivity contribution in [2.45, 2.75) is 33.2 Å². The quantitative estimate of drug-likeness (QED) is 0.463. The Kier molecular flexibility index (Phi) is 8.60. The summed E-state index contributed by atoms with van der Waals surface area (Å²) in [6, 6.07) is 8.12. The Bertz CT molecular complexity index is 461. The first-order chi connectivity index (χ1) is 10.2. The summed E-state index contributed by atoms with van der Waals surface area (Å²) in [7, 11) is 1.69. The van der Waals surface area contributed by atoms with Crippen molar-refractivity contribution < 1.29 is 4.74 Å². The highest BCUT2D eigenvalue weighted by atomic mass is 127. The van der Waals surface area contributed by atoms with E-state index in [4.69, 9.17) is 9.73 Å². The maximum Gasteiger partial charge on any atom is 0.194 e. The monoisotopic (exact) mass is 417 g/mol. The molecule has 0 amide bonds. The Morgan fingerprint density at radius 1 is 1.36 bits per heavy atom. The van der Waals surface area contributed by atoms with Crippen molar-refractivity contribution >= 4 is 29.9 Å². The lowest BCUT2D eigenvalue weighted by atomic mass is 10.0. The van der Waals surface area contributed by atoms with Crippen LogP contribution >= 0.6 is 24.0 Å². The summed E-state index contributed by atoms with van der Waals surface area (Å²) < 4.78 is 5.18. The smallest absolute Gasteiger partial charge is 0.194 e. The van der Waals surface area contributed by atoms with Crippen LogP contribution in [0.3, 0.4) is 0 Å². The van der Waals surface area contributed by atoms with Crippen molar-refractivity contribution in [1.29, 1.82) is 0 Å². The zero-order chi connectivity index (χ0) is 15.1. The first-order valence-electron chi connectivity index (χ1n) is 7.89. The van der Waals surface area contributed by atoms with Gasteiger partial charge < -0.3 is 15.0 Å². The predicted octanol–water partition coefficient (Wildman–Crippen LogP) is 3.51. The van der Waals surface area contributed by atoms with Gasteiger partial charge in [0.25, 0.3) is 0 Å². The summed E-state index contributed by atoms with van der Waals surface area (Å²) in [6.45, 7) is 8.27. The van der Waals surface area contributed by atoms with E-state index in [0.717, 1.165) is 37.3 Å². The Hall–Kier alpha value is -0.980. The molecule has 1 heterocycles. The summed E-state index contributed by atoms with van der Waals surface area (Å²) >= 11 is 0. The van der Waals surface area contributed by atoms with Gasteiger partial charge in [-0.05, 0) is 43.4 Å². The maximum absolute atomic E-state index is 5.18. The average molecular weight is 417 g/mol. The maximum atomic E-state index is 5.18. The van der Waals surface area contributed by atoms with Crippen LogP contribution in [0.25, 0.3) is 0 Å². The second-order valence-corrected chi connectivity index (χ2v) is 5.71. The number of nitrogens with one attached hydrogen (secondary N) is 1. The molecule has 0 aliphatic carbocycles. The number of hydrogen-bond donors (Lipinski definition) is 1. The molecule has 1 atom stereocenters. The summed E-state index contributed by atoms with van der Waals surface area (Å²) in [5.74, 6) is 2.68. The third kappa shape index (κ3) is 5.66. The van der Waals surface area contributed by atoms with Crippen LogP contribution < -0.4 is 10.1 Å². The van der Waals surface area contributed by atoms with Crippen molar-refractivity contribution in [3.05, 3.63) is 29.8 Å². The zero-order valence-corrected chi connectivity index (χ0v) is 16.2. The van der Waals surface area contributed by atoms with E-state index in [1.165, 1.54) is 18.4 Å². The number of ether oxygens (including phenoxy) is 1. The molecule has 1 N–H and O–H groups in total. The molecule has 1 fully saturated rings. The van der Waals surface area contributed by atoms with Gasteiger partial charge in [0.15, 0.2) is 5.96 Å². The van der Waals surface area contributed by atoms with E-state index in [-0.39, 0.29) is 24.0 Å². The van der Waals surface area contributed by atoms with E-state index in [2.05, 4.69) is 36.2 Å². The normalized spacial score (nSPS) is 18.6. The minimum atomic E-state index is 0. The van der Waals surface area contributed by atoms with Gasteiger partial charge in [-0.1, -0.05) is 19.1 Å². The number of nitrogens with zero attached hydrogens (tertiary/aromatic N) is 2. The van der Waals surface area contributed by atoms with Crippen LogP contribution in [0.5, 0.6) is 5.75 Å². The molecule has 0 aromatic heterocycles. The first-order valence-corrected chi connectivity index (χ1v) is 7.89. The van der Waals surface area contributed by atoms with Gasteiger partial charge in [-0.3, -0.25) is 0 Å². The molecule has 1 aromatic rings. The number of methoxy groups -OCH3 is 1. The van der Waals surface area contributed by atoms with Crippen LogP contribution in [-0.4, -0.2) is 37.6 Å². The van der Waals surface area contributed by atoms with Crippen molar-refractivity contribution in [3.63, 3.8) is 0 Å². The highest BCUT2D eigenvalue weighted by Gasteiger charge is 2.18. The molecule has 22 heavy (non-hydrogen) atoms. The summed E-state index contributed by atoms with van der Waals surface area (Å²) in [5.41, 5.74) is 1.20. The van der Waals surface area contributed by atoms with E-state index >= 15 is 0 Å². The molecule has 4 nitrogen and oxygen atoms in total. The standard InChI is InChI=1S/C17H27N3O.HI/c1-4-18-17(20-11-5-6-14(2)13-20)19-12-15-7-9-16(21-3)10-8-15;/h7-10,14H,4-6,11-13H2,1-3H3,(H,18,19);1H. The van der Waals surface area contributed by atoms with Crippen molar-refractivity contribution in [2.24, 2.45) is 10.9 Å². The summed E-state index contributed by atoms with van der Waals surface area (Å²) in [6.07, 6.45) is 2.59. The molecular weight excluding hydrogens is 389 g/mol. The second kappa shape index (κ2) is 9.92. The van der Waals surface area contributed by atoms with E-state index in [1.807, 2.05) is 12.1 Å². The van der Waals surface area contributed by atoms with Gasteiger partial charge in [-0.2, -0.15) is 0 Å². The number of likely N-dealkylation sites (tertiary alicyclic amines) is 1. The topological polar surface area (TPSA) is 36.9 Å². The third-order valence-electron chi connectivity index (χ3n) is 3.86. The molecule has 1 aliphatic heterocycles. The lowest BCUT2D eigenvalue weighted by molar-refractivity contribution is 0.266. The Morgan fingerprint density at radius 2 is 2.09 bits per heavy atom. The Balaban J connectivity index is 0.00000242. The highest BCUT2D eigenvalue weighted by Crippen LogP contribution is 2.16. The second-order valence-electron chi connectivity index (χ2n) is 5.71. The van der Waals surface area contributed by atoms with Gasteiger partial charge in [-0.25, -0.2) is 4.99 Å². The molecular formula is C17H28IN3O. The largest absolute Gasteiger partial charge is 0.497 e. The Labute approximate surface area is 151 Å². The SMILES string of the molecule is CCNC(=NCc1ccc(OC)cc1)N1CCCC(C)C1.I. The summed E-state index contributed by atoms with van der Waals surface area (Å²) in [5, 5.41) is 3.42. The van der Waals surface area contributed by atoms with Crippen LogP contribution in [0.15, 0.2) is 29.3 Å². The first kappa shape index (κ1) is 19.1. The van der Waals surface area contributed by atoms with Gasteiger partial charge in [0.1, 0.15) is 5.75 Å². The van der Waals surface area contributed by atoms with Gasteiger partial charge in [0, 0.05) is 19.6 Å². The van der Waals surface area contributed by atoms with Crippen molar-refractivity contribution in [2.75, 3.05) is 26.7 Å². The molecule has 5 heteroatoms.